The van der Waals surface area contributed by atoms with Gasteiger partial charge >= 0.3 is 7.82 Å². The fourth-order valence-corrected chi connectivity index (χ4v) is 7.62. The van der Waals surface area contributed by atoms with Crippen molar-refractivity contribution in [2.75, 3.05) is 25.4 Å². The second kappa shape index (κ2) is 18.2. The highest BCUT2D eigenvalue weighted by atomic mass is 32.2. The predicted molar refractivity (Wildman–Crippen MR) is 193 cm³/mol. The third-order valence-corrected chi connectivity index (χ3v) is 10.1. The van der Waals surface area contributed by atoms with Crippen LogP contribution in [0.5, 0.6) is 0 Å². The summed E-state index contributed by atoms with van der Waals surface area (Å²) in [6, 6.07) is 18.0. The summed E-state index contributed by atoms with van der Waals surface area (Å²) in [5.74, 6) is -1.84. The number of nitrogens with zero attached hydrogens (tertiary/aromatic N) is 1. The van der Waals surface area contributed by atoms with Gasteiger partial charge in [0.05, 0.1) is 17.5 Å². The zero-order valence-corrected chi connectivity index (χ0v) is 31.2. The number of carbonyl (C=O) groups excluding carboxylic acids is 2. The molecule has 13 nitrogen and oxygen atoms in total. The molecule has 0 aliphatic heterocycles. The van der Waals surface area contributed by atoms with Crippen molar-refractivity contribution in [1.82, 2.24) is 20.3 Å². The molecule has 51 heavy (non-hydrogen) atoms. The molecule has 0 fully saturated rings. The van der Waals surface area contributed by atoms with E-state index < -0.39 is 65.6 Å². The van der Waals surface area contributed by atoms with Crippen molar-refractivity contribution >= 4 is 35.3 Å². The van der Waals surface area contributed by atoms with Crippen LogP contribution in [0.4, 0.5) is 10.1 Å². The van der Waals surface area contributed by atoms with E-state index in [-0.39, 0.29) is 42.6 Å². The topological polar surface area (TPSA) is 200 Å². The van der Waals surface area contributed by atoms with E-state index in [2.05, 4.69) is 16.0 Å². The van der Waals surface area contributed by atoms with E-state index in [1.807, 2.05) is 0 Å². The van der Waals surface area contributed by atoms with Crippen LogP contribution in [0.15, 0.2) is 83.8 Å². The lowest BCUT2D eigenvalue weighted by Crippen LogP contribution is -2.59. The predicted octanol–water partition coefficient (Wildman–Crippen LogP) is 3.58. The summed E-state index contributed by atoms with van der Waals surface area (Å²) >= 11 is 0. The number of sulfonamides is 1. The molecule has 0 saturated heterocycles. The van der Waals surface area contributed by atoms with Gasteiger partial charge in [-0.3, -0.25) is 14.1 Å². The highest BCUT2D eigenvalue weighted by Crippen LogP contribution is 2.39. The summed E-state index contributed by atoms with van der Waals surface area (Å²) in [6.07, 6.45) is -1.57. The van der Waals surface area contributed by atoms with Gasteiger partial charge < -0.3 is 31.5 Å². The van der Waals surface area contributed by atoms with Crippen molar-refractivity contribution in [1.29, 1.82) is 0 Å². The number of carbonyl (C=O) groups is 2. The van der Waals surface area contributed by atoms with Gasteiger partial charge in [0.15, 0.2) is 0 Å². The van der Waals surface area contributed by atoms with Crippen molar-refractivity contribution in [2.45, 2.75) is 70.7 Å². The van der Waals surface area contributed by atoms with E-state index in [4.69, 9.17) is 10.3 Å². The summed E-state index contributed by atoms with van der Waals surface area (Å²) in [4.78, 5) is 47.0. The lowest BCUT2D eigenvalue weighted by molar-refractivity contribution is -0.132. The van der Waals surface area contributed by atoms with E-state index in [0.29, 0.717) is 11.1 Å². The molecular weight excluding hydrogens is 700 g/mol. The van der Waals surface area contributed by atoms with Crippen LogP contribution in [-0.4, -0.2) is 72.1 Å². The first-order chi connectivity index (χ1) is 23.7. The maximum absolute atomic E-state index is 14.1. The molecule has 3 aromatic rings. The van der Waals surface area contributed by atoms with Crippen LogP contribution in [0.1, 0.15) is 45.7 Å². The minimum absolute atomic E-state index is 0.00883. The van der Waals surface area contributed by atoms with E-state index in [1.165, 1.54) is 36.4 Å². The molecule has 0 bridgehead atoms. The number of anilines is 1. The largest absolute Gasteiger partial charge is 0.469 e. The molecular formula is C35H49FN5O8PS. The first-order valence-corrected chi connectivity index (χ1v) is 19.4. The summed E-state index contributed by atoms with van der Waals surface area (Å²) < 4.78 is 60.2. The van der Waals surface area contributed by atoms with Crippen LogP contribution < -0.4 is 21.7 Å². The molecule has 0 spiro atoms. The number of rotatable bonds is 18. The number of halogens is 1. The number of nitrogens with two attached hydrogens (primary N) is 1. The van der Waals surface area contributed by atoms with E-state index in [9.17, 15) is 36.7 Å². The number of amides is 2. The maximum atomic E-state index is 14.1. The van der Waals surface area contributed by atoms with Crippen molar-refractivity contribution in [3.8, 4) is 0 Å². The Bertz CT molecular complexity index is 1770. The van der Waals surface area contributed by atoms with Gasteiger partial charge in [-0.2, -0.15) is 4.31 Å². The molecule has 0 radical (unpaired) electrons. The minimum atomic E-state index is -5.26. The first kappa shape index (κ1) is 41.7. The van der Waals surface area contributed by atoms with Crippen molar-refractivity contribution in [3.63, 3.8) is 0 Å². The van der Waals surface area contributed by atoms with Crippen LogP contribution in [0.2, 0.25) is 0 Å². The first-order valence-electron chi connectivity index (χ1n) is 16.4. The van der Waals surface area contributed by atoms with Gasteiger partial charge in [-0.15, -0.1) is 0 Å². The van der Waals surface area contributed by atoms with E-state index in [1.54, 1.807) is 77.1 Å². The Morgan fingerprint density at radius 1 is 0.941 bits per heavy atom. The Morgan fingerprint density at radius 3 is 2.18 bits per heavy atom. The fraction of sp³-hybridized carbons (Fsp3) is 0.429. The summed E-state index contributed by atoms with van der Waals surface area (Å²) in [7, 11) is -9.53. The van der Waals surface area contributed by atoms with Gasteiger partial charge in [0.25, 0.3) is 0 Å². The number of hydrogen-bond donors (Lipinski definition) is 6. The second-order valence-electron chi connectivity index (χ2n) is 13.8. The number of phosphoric acid groups is 1. The Hall–Kier alpha value is -3.69. The van der Waals surface area contributed by atoms with Gasteiger partial charge in [0, 0.05) is 25.3 Å². The Morgan fingerprint density at radius 2 is 1.59 bits per heavy atom. The number of phosphoric ester groups is 1. The highest BCUT2D eigenvalue weighted by molar-refractivity contribution is 7.89. The molecule has 280 valence electrons. The molecule has 3 aromatic carbocycles. The van der Waals surface area contributed by atoms with Crippen molar-refractivity contribution < 1.29 is 41.3 Å². The normalized spacial score (nSPS) is 14.2. The Balaban J connectivity index is 1.95. The molecule has 0 aliphatic carbocycles. The maximum Gasteiger partial charge on any atom is 0.469 e. The average Bonchev–Trinajstić information content (AvgIpc) is 3.01. The molecule has 0 saturated carbocycles. The van der Waals surface area contributed by atoms with Crippen LogP contribution in [0.25, 0.3) is 0 Å². The molecule has 3 rings (SSSR count). The third kappa shape index (κ3) is 13.8. The number of benzene rings is 3. The molecule has 2 amide bonds. The molecule has 3 atom stereocenters. The summed E-state index contributed by atoms with van der Waals surface area (Å²) in [5.41, 5.74) is 6.52. The smallest absolute Gasteiger partial charge is 0.399 e. The van der Waals surface area contributed by atoms with E-state index >= 15 is 0 Å². The standard InChI is InChI=1S/C35H49FN5O8PS/c1-24(2)22-41(51(47,48)29-16-10-15-28(37)19-29)23-31(49-50(44,45)46)30(18-25-11-7-6-8-12-25)39-34(43)33(35(3,4)5)40-32(42)21-38-20-26-13-9-14-27(36)17-26/h6-17,19,24,30-31,33,38H,18,20-23,37H2,1-5H3,(H,39,43)(H,40,42)(H2,44,45,46)/t30-,31+,33+/m0/s1. The monoisotopic (exact) mass is 749 g/mol. The summed E-state index contributed by atoms with van der Waals surface area (Å²) in [6.45, 7) is 8.18. The average molecular weight is 750 g/mol. The zero-order valence-electron chi connectivity index (χ0n) is 29.5. The third-order valence-electron chi connectivity index (χ3n) is 7.73. The molecule has 7 N–H and O–H groups in total. The number of nitrogen functional groups attached to an aromatic ring is 1. The van der Waals surface area contributed by atoms with Gasteiger partial charge in [-0.05, 0) is 59.2 Å². The quantitative estimate of drug-likeness (QED) is 0.0825. The SMILES string of the molecule is CC(C)CN(C[C@@H](OP(=O)(O)O)[C@H](Cc1ccccc1)NC(=O)[C@@H](NC(=O)CNCc1cccc(F)c1)C(C)(C)C)S(=O)(=O)c1cccc(N)c1. The Labute approximate surface area is 299 Å². The van der Waals surface area contributed by atoms with Crippen molar-refractivity contribution in [3.05, 3.63) is 95.8 Å². The van der Waals surface area contributed by atoms with Gasteiger partial charge in [0.2, 0.25) is 21.8 Å². The molecule has 16 heteroatoms. The van der Waals surface area contributed by atoms with Gasteiger partial charge in [-0.1, -0.05) is 83.1 Å². The lowest BCUT2D eigenvalue weighted by Gasteiger charge is -2.36. The van der Waals surface area contributed by atoms with Crippen molar-refractivity contribution in [2.24, 2.45) is 11.3 Å². The summed E-state index contributed by atoms with van der Waals surface area (Å²) in [5, 5.41) is 8.47. The van der Waals surface area contributed by atoms with Crippen LogP contribution >= 0.6 is 7.82 Å². The van der Waals surface area contributed by atoms with E-state index in [0.717, 1.165) is 4.31 Å². The Kier molecular flexibility index (Phi) is 14.9. The highest BCUT2D eigenvalue weighted by Gasteiger charge is 2.39. The molecule has 0 unspecified atom stereocenters. The van der Waals surface area contributed by atoms with Crippen LogP contribution in [0, 0.1) is 17.2 Å². The van der Waals surface area contributed by atoms with Crippen LogP contribution in [0.3, 0.4) is 0 Å². The molecule has 0 aromatic heterocycles. The molecule has 0 heterocycles. The number of hydrogen-bond acceptors (Lipinski definition) is 8. The molecule has 0 aliphatic rings. The van der Waals surface area contributed by atoms with Gasteiger partial charge in [-0.25, -0.2) is 17.4 Å². The van der Waals surface area contributed by atoms with Gasteiger partial charge in [0.1, 0.15) is 18.0 Å². The minimum Gasteiger partial charge on any atom is -0.399 e. The second-order valence-corrected chi connectivity index (χ2v) is 17.0. The lowest BCUT2D eigenvalue weighted by atomic mass is 9.85. The fourth-order valence-electron chi connectivity index (χ4n) is 5.38. The zero-order chi connectivity index (χ0) is 38.0. The van der Waals surface area contributed by atoms with Crippen LogP contribution in [-0.2, 0) is 41.7 Å². The number of nitrogens with one attached hydrogen (secondary N) is 3.